The van der Waals surface area contributed by atoms with Crippen LogP contribution in [0.1, 0.15) is 32.0 Å². The molecule has 0 bridgehead atoms. The molecule has 0 atom stereocenters. The lowest BCUT2D eigenvalue weighted by atomic mass is 9.92. The molecule has 130 valence electrons. The minimum Gasteiger partial charge on any atom is -0.473 e. The SMILES string of the molecule is CC(C)(C)c1nc(N2COc3ccc(Br)cc3C2)sc1-n1cncn1. The van der Waals surface area contributed by atoms with Gasteiger partial charge in [0.25, 0.3) is 0 Å². The maximum Gasteiger partial charge on any atom is 0.190 e. The van der Waals surface area contributed by atoms with Crippen molar-refractivity contribution in [3.63, 3.8) is 0 Å². The minimum atomic E-state index is -0.0897. The molecule has 4 rings (SSSR count). The second-order valence-electron chi connectivity index (χ2n) is 6.96. The second-order valence-corrected chi connectivity index (χ2v) is 8.84. The molecule has 6 nitrogen and oxygen atoms in total. The summed E-state index contributed by atoms with van der Waals surface area (Å²) in [7, 11) is 0. The molecule has 2 aromatic heterocycles. The van der Waals surface area contributed by atoms with Crippen LogP contribution in [0.25, 0.3) is 5.00 Å². The van der Waals surface area contributed by atoms with Crippen molar-refractivity contribution in [2.24, 2.45) is 0 Å². The van der Waals surface area contributed by atoms with Gasteiger partial charge in [-0.15, -0.1) is 0 Å². The molecule has 1 aliphatic heterocycles. The molecule has 3 heterocycles. The monoisotopic (exact) mass is 419 g/mol. The first-order chi connectivity index (χ1) is 11.9. The van der Waals surface area contributed by atoms with Gasteiger partial charge in [-0.25, -0.2) is 14.6 Å². The highest BCUT2D eigenvalue weighted by atomic mass is 79.9. The Labute approximate surface area is 158 Å². The van der Waals surface area contributed by atoms with Crippen LogP contribution in [0.3, 0.4) is 0 Å². The highest BCUT2D eigenvalue weighted by molar-refractivity contribution is 9.10. The Morgan fingerprint density at radius 3 is 2.84 bits per heavy atom. The molecular formula is C17H18BrN5OS. The molecule has 25 heavy (non-hydrogen) atoms. The summed E-state index contributed by atoms with van der Waals surface area (Å²) in [6, 6.07) is 6.09. The van der Waals surface area contributed by atoms with Crippen molar-refractivity contribution < 1.29 is 4.74 Å². The Balaban J connectivity index is 1.72. The standard InChI is InChI=1S/C17H18BrN5OS/c1-17(2,3)14-15(23-9-19-8-20-23)25-16(21-14)22-7-11-6-12(18)4-5-13(11)24-10-22/h4-6,8-9H,7,10H2,1-3H3. The lowest BCUT2D eigenvalue weighted by Gasteiger charge is -2.28. The van der Waals surface area contributed by atoms with Gasteiger partial charge < -0.3 is 9.64 Å². The lowest BCUT2D eigenvalue weighted by molar-refractivity contribution is 0.289. The maximum atomic E-state index is 5.91. The smallest absolute Gasteiger partial charge is 0.190 e. The van der Waals surface area contributed by atoms with E-state index in [0.717, 1.165) is 38.2 Å². The molecule has 0 saturated carbocycles. The van der Waals surface area contributed by atoms with Gasteiger partial charge in [-0.3, -0.25) is 0 Å². The summed E-state index contributed by atoms with van der Waals surface area (Å²) >= 11 is 5.14. The van der Waals surface area contributed by atoms with E-state index in [9.17, 15) is 0 Å². The summed E-state index contributed by atoms with van der Waals surface area (Å²) < 4.78 is 8.75. The van der Waals surface area contributed by atoms with Crippen LogP contribution in [0.15, 0.2) is 35.3 Å². The Bertz CT molecular complexity index is 900. The first-order valence-corrected chi connectivity index (χ1v) is 9.55. The van der Waals surface area contributed by atoms with E-state index < -0.39 is 0 Å². The van der Waals surface area contributed by atoms with Gasteiger partial charge in [0.05, 0.1) is 12.2 Å². The maximum absolute atomic E-state index is 5.91. The number of hydrogen-bond acceptors (Lipinski definition) is 6. The number of anilines is 1. The van der Waals surface area contributed by atoms with Gasteiger partial charge in [-0.05, 0) is 18.2 Å². The van der Waals surface area contributed by atoms with Crippen LogP contribution < -0.4 is 9.64 Å². The van der Waals surface area contributed by atoms with Crippen molar-refractivity contribution in [3.8, 4) is 10.8 Å². The zero-order chi connectivity index (χ0) is 17.6. The van der Waals surface area contributed by atoms with E-state index in [1.807, 2.05) is 12.1 Å². The summed E-state index contributed by atoms with van der Waals surface area (Å²) in [5, 5.41) is 6.22. The number of thiazole rings is 1. The van der Waals surface area contributed by atoms with Gasteiger partial charge in [0.1, 0.15) is 23.4 Å². The fourth-order valence-electron chi connectivity index (χ4n) is 2.73. The van der Waals surface area contributed by atoms with Crippen LogP contribution in [0.4, 0.5) is 5.13 Å². The molecule has 1 aliphatic rings. The van der Waals surface area contributed by atoms with E-state index >= 15 is 0 Å². The molecule has 8 heteroatoms. The van der Waals surface area contributed by atoms with E-state index in [2.05, 4.69) is 57.8 Å². The topological polar surface area (TPSA) is 56.1 Å². The number of halogens is 1. The van der Waals surface area contributed by atoms with Crippen molar-refractivity contribution in [1.29, 1.82) is 0 Å². The number of fused-ring (bicyclic) bond motifs is 1. The number of rotatable bonds is 2. The second kappa shape index (κ2) is 6.10. The van der Waals surface area contributed by atoms with Crippen LogP contribution >= 0.6 is 27.3 Å². The van der Waals surface area contributed by atoms with Gasteiger partial charge in [0.2, 0.25) is 0 Å². The van der Waals surface area contributed by atoms with Crippen molar-refractivity contribution in [3.05, 3.63) is 46.6 Å². The van der Waals surface area contributed by atoms with Gasteiger partial charge in [-0.2, -0.15) is 5.10 Å². The largest absolute Gasteiger partial charge is 0.473 e. The molecule has 0 N–H and O–H groups in total. The molecule has 0 radical (unpaired) electrons. The molecular weight excluding hydrogens is 402 g/mol. The summed E-state index contributed by atoms with van der Waals surface area (Å²) in [5.74, 6) is 0.934. The number of nitrogens with zero attached hydrogens (tertiary/aromatic N) is 5. The van der Waals surface area contributed by atoms with Crippen LogP contribution in [0.2, 0.25) is 0 Å². The third-order valence-corrected chi connectivity index (χ3v) is 5.56. The number of ether oxygens (including phenoxy) is 1. The fourth-order valence-corrected chi connectivity index (χ4v) is 4.33. The number of benzene rings is 1. The fraction of sp³-hybridized carbons (Fsp3) is 0.353. The van der Waals surface area contributed by atoms with Gasteiger partial charge in [0.15, 0.2) is 11.9 Å². The average molecular weight is 420 g/mol. The Morgan fingerprint density at radius 1 is 1.28 bits per heavy atom. The quantitative estimate of drug-likeness (QED) is 0.624. The molecule has 1 aromatic carbocycles. The summed E-state index contributed by atoms with van der Waals surface area (Å²) in [6.45, 7) is 7.73. The zero-order valence-corrected chi connectivity index (χ0v) is 16.6. The first-order valence-electron chi connectivity index (χ1n) is 7.94. The van der Waals surface area contributed by atoms with Gasteiger partial charge in [0, 0.05) is 15.5 Å². The summed E-state index contributed by atoms with van der Waals surface area (Å²) in [6.07, 6.45) is 3.26. The van der Waals surface area contributed by atoms with E-state index in [1.165, 1.54) is 0 Å². The first kappa shape index (κ1) is 16.5. The third kappa shape index (κ3) is 3.16. The zero-order valence-electron chi connectivity index (χ0n) is 14.2. The van der Waals surface area contributed by atoms with Crippen molar-refractivity contribution in [1.82, 2.24) is 19.7 Å². The Morgan fingerprint density at radius 2 is 2.12 bits per heavy atom. The van der Waals surface area contributed by atoms with Crippen LogP contribution in [-0.4, -0.2) is 26.5 Å². The van der Waals surface area contributed by atoms with Crippen LogP contribution in [-0.2, 0) is 12.0 Å². The molecule has 0 saturated heterocycles. The Hall–Kier alpha value is -1.93. The third-order valence-electron chi connectivity index (χ3n) is 3.97. The molecule has 0 fully saturated rings. The number of aromatic nitrogens is 4. The minimum absolute atomic E-state index is 0.0897. The van der Waals surface area contributed by atoms with E-state index in [0.29, 0.717) is 6.73 Å². The van der Waals surface area contributed by atoms with E-state index in [-0.39, 0.29) is 5.41 Å². The highest BCUT2D eigenvalue weighted by Crippen LogP contribution is 2.38. The van der Waals surface area contributed by atoms with Crippen LogP contribution in [0.5, 0.6) is 5.75 Å². The van der Waals surface area contributed by atoms with E-state index in [1.54, 1.807) is 28.7 Å². The normalized spacial score (nSPS) is 14.3. The van der Waals surface area contributed by atoms with Crippen molar-refractivity contribution in [2.75, 3.05) is 11.6 Å². The molecule has 3 aromatic rings. The Kier molecular flexibility index (Phi) is 4.04. The summed E-state index contributed by atoms with van der Waals surface area (Å²) in [4.78, 5) is 11.1. The van der Waals surface area contributed by atoms with E-state index in [4.69, 9.17) is 9.72 Å². The molecule has 0 amide bonds. The molecule has 0 aliphatic carbocycles. The van der Waals surface area contributed by atoms with Crippen molar-refractivity contribution >= 4 is 32.4 Å². The molecule has 0 spiro atoms. The highest BCUT2D eigenvalue weighted by Gasteiger charge is 2.28. The predicted octanol–water partition coefficient (Wildman–Crippen LogP) is 4.14. The van der Waals surface area contributed by atoms with Crippen LogP contribution in [0, 0.1) is 0 Å². The van der Waals surface area contributed by atoms with Gasteiger partial charge in [-0.1, -0.05) is 48.0 Å². The number of hydrogen-bond donors (Lipinski definition) is 0. The molecule has 0 unspecified atom stereocenters. The predicted molar refractivity (Wildman–Crippen MR) is 102 cm³/mol. The lowest BCUT2D eigenvalue weighted by Crippen LogP contribution is -2.31. The summed E-state index contributed by atoms with van der Waals surface area (Å²) in [5.41, 5.74) is 2.07. The van der Waals surface area contributed by atoms with Gasteiger partial charge >= 0.3 is 0 Å². The van der Waals surface area contributed by atoms with Crippen molar-refractivity contribution in [2.45, 2.75) is 32.7 Å². The average Bonchev–Trinajstić information content (AvgIpc) is 3.22.